The molecule has 0 aliphatic carbocycles. The molecule has 2 aromatic heterocycles. The van der Waals surface area contributed by atoms with Crippen molar-refractivity contribution in [2.45, 2.75) is 52.9 Å². The van der Waals surface area contributed by atoms with E-state index in [0.717, 1.165) is 25.3 Å². The standard InChI is InChI=1S/C13H22N6/c1-4-5-19-13(15-10-17-19)9-18-8-12(7-16-18)6-14-11(2)3/h7-8,10-11,14H,4-6,9H2,1-3H3. The fraction of sp³-hybridized carbons (Fsp3) is 0.615. The van der Waals surface area contributed by atoms with Crippen LogP contribution in [0, 0.1) is 0 Å². The largest absolute Gasteiger partial charge is 0.310 e. The average molecular weight is 262 g/mol. The minimum atomic E-state index is 0.482. The van der Waals surface area contributed by atoms with E-state index in [4.69, 9.17) is 0 Å². The number of nitrogens with one attached hydrogen (secondary N) is 1. The molecule has 0 saturated carbocycles. The molecule has 2 heterocycles. The van der Waals surface area contributed by atoms with E-state index in [1.807, 2.05) is 15.6 Å². The van der Waals surface area contributed by atoms with Gasteiger partial charge in [-0.15, -0.1) is 0 Å². The predicted molar refractivity (Wildman–Crippen MR) is 73.6 cm³/mol. The molecule has 0 unspecified atom stereocenters. The number of hydrogen-bond acceptors (Lipinski definition) is 4. The first-order valence-corrected chi connectivity index (χ1v) is 6.80. The Morgan fingerprint density at radius 3 is 2.89 bits per heavy atom. The van der Waals surface area contributed by atoms with Crippen molar-refractivity contribution in [3.8, 4) is 0 Å². The van der Waals surface area contributed by atoms with Gasteiger partial charge in [0.2, 0.25) is 0 Å². The van der Waals surface area contributed by atoms with E-state index in [2.05, 4.69) is 47.5 Å². The van der Waals surface area contributed by atoms with E-state index in [1.165, 1.54) is 5.56 Å². The molecule has 2 aromatic rings. The van der Waals surface area contributed by atoms with Crippen LogP contribution in [0.1, 0.15) is 38.6 Å². The number of aryl methyl sites for hydroxylation is 1. The Morgan fingerprint density at radius 1 is 1.32 bits per heavy atom. The molecule has 0 atom stereocenters. The van der Waals surface area contributed by atoms with E-state index in [-0.39, 0.29) is 0 Å². The van der Waals surface area contributed by atoms with Gasteiger partial charge in [0.05, 0.1) is 6.20 Å². The maximum atomic E-state index is 4.37. The maximum Gasteiger partial charge on any atom is 0.148 e. The third-order valence-electron chi connectivity index (χ3n) is 2.84. The van der Waals surface area contributed by atoms with Crippen LogP contribution in [0.3, 0.4) is 0 Å². The van der Waals surface area contributed by atoms with Gasteiger partial charge >= 0.3 is 0 Å². The van der Waals surface area contributed by atoms with Crippen molar-refractivity contribution in [3.63, 3.8) is 0 Å². The van der Waals surface area contributed by atoms with Crippen LogP contribution in [-0.4, -0.2) is 30.6 Å². The molecule has 6 heteroatoms. The fourth-order valence-corrected chi connectivity index (χ4v) is 1.86. The van der Waals surface area contributed by atoms with Gasteiger partial charge in [0.1, 0.15) is 18.7 Å². The van der Waals surface area contributed by atoms with Crippen LogP contribution in [0.15, 0.2) is 18.7 Å². The molecule has 6 nitrogen and oxygen atoms in total. The van der Waals surface area contributed by atoms with Gasteiger partial charge in [0.15, 0.2) is 0 Å². The molecule has 0 spiro atoms. The van der Waals surface area contributed by atoms with Crippen LogP contribution >= 0.6 is 0 Å². The molecule has 0 aliphatic rings. The van der Waals surface area contributed by atoms with E-state index in [9.17, 15) is 0 Å². The minimum Gasteiger partial charge on any atom is -0.310 e. The molecule has 19 heavy (non-hydrogen) atoms. The van der Waals surface area contributed by atoms with E-state index in [0.29, 0.717) is 12.6 Å². The number of rotatable bonds is 7. The lowest BCUT2D eigenvalue weighted by molar-refractivity contribution is 0.538. The monoisotopic (exact) mass is 262 g/mol. The minimum absolute atomic E-state index is 0.482. The first kappa shape index (κ1) is 13.7. The summed E-state index contributed by atoms with van der Waals surface area (Å²) in [5, 5.41) is 12.0. The SMILES string of the molecule is CCCn1ncnc1Cn1cc(CNC(C)C)cn1. The highest BCUT2D eigenvalue weighted by atomic mass is 15.4. The number of hydrogen-bond donors (Lipinski definition) is 1. The zero-order valence-electron chi connectivity index (χ0n) is 11.9. The summed E-state index contributed by atoms with van der Waals surface area (Å²) in [6.07, 6.45) is 6.62. The summed E-state index contributed by atoms with van der Waals surface area (Å²) in [6, 6.07) is 0.482. The lowest BCUT2D eigenvalue weighted by atomic mass is 10.3. The molecular formula is C13H22N6. The summed E-state index contributed by atoms with van der Waals surface area (Å²) in [5.41, 5.74) is 1.19. The quantitative estimate of drug-likeness (QED) is 0.820. The van der Waals surface area contributed by atoms with Crippen LogP contribution in [0.5, 0.6) is 0 Å². The third kappa shape index (κ3) is 3.89. The molecule has 104 valence electrons. The van der Waals surface area contributed by atoms with Gasteiger partial charge in [0, 0.05) is 30.9 Å². The molecule has 0 fully saturated rings. The summed E-state index contributed by atoms with van der Waals surface area (Å²) in [6.45, 7) is 8.82. The van der Waals surface area contributed by atoms with Crippen molar-refractivity contribution < 1.29 is 0 Å². The van der Waals surface area contributed by atoms with Crippen LogP contribution in [0.2, 0.25) is 0 Å². The second kappa shape index (κ2) is 6.47. The molecule has 0 saturated heterocycles. The van der Waals surface area contributed by atoms with E-state index >= 15 is 0 Å². The molecule has 0 aromatic carbocycles. The number of nitrogens with zero attached hydrogens (tertiary/aromatic N) is 5. The third-order valence-corrected chi connectivity index (χ3v) is 2.84. The van der Waals surface area contributed by atoms with Crippen molar-refractivity contribution >= 4 is 0 Å². The Balaban J connectivity index is 1.97. The van der Waals surface area contributed by atoms with E-state index < -0.39 is 0 Å². The Hall–Kier alpha value is -1.69. The number of aromatic nitrogens is 5. The summed E-state index contributed by atoms with van der Waals surface area (Å²) in [4.78, 5) is 4.29. The molecule has 0 amide bonds. The maximum absolute atomic E-state index is 4.37. The highest BCUT2D eigenvalue weighted by Gasteiger charge is 2.06. The molecular weight excluding hydrogens is 240 g/mol. The van der Waals surface area contributed by atoms with Crippen molar-refractivity contribution in [2.75, 3.05) is 0 Å². The fourth-order valence-electron chi connectivity index (χ4n) is 1.86. The Morgan fingerprint density at radius 2 is 2.16 bits per heavy atom. The lowest BCUT2D eigenvalue weighted by Gasteiger charge is -2.05. The Bertz CT molecular complexity index is 499. The smallest absolute Gasteiger partial charge is 0.148 e. The second-order valence-corrected chi connectivity index (χ2v) is 4.98. The van der Waals surface area contributed by atoms with Gasteiger partial charge in [-0.2, -0.15) is 10.2 Å². The van der Waals surface area contributed by atoms with Crippen LogP contribution in [0.25, 0.3) is 0 Å². The highest BCUT2D eigenvalue weighted by Crippen LogP contribution is 2.03. The zero-order valence-corrected chi connectivity index (χ0v) is 11.9. The molecule has 1 N–H and O–H groups in total. The van der Waals surface area contributed by atoms with Gasteiger partial charge in [-0.05, 0) is 6.42 Å². The summed E-state index contributed by atoms with van der Waals surface area (Å²) in [5.74, 6) is 0.952. The van der Waals surface area contributed by atoms with Crippen LogP contribution in [-0.2, 0) is 19.6 Å². The van der Waals surface area contributed by atoms with Crippen LogP contribution in [0.4, 0.5) is 0 Å². The zero-order chi connectivity index (χ0) is 13.7. The van der Waals surface area contributed by atoms with Crippen molar-refractivity contribution in [1.29, 1.82) is 0 Å². The van der Waals surface area contributed by atoms with Crippen molar-refractivity contribution in [2.24, 2.45) is 0 Å². The topological polar surface area (TPSA) is 60.6 Å². The van der Waals surface area contributed by atoms with Crippen molar-refractivity contribution in [1.82, 2.24) is 29.9 Å². The van der Waals surface area contributed by atoms with Gasteiger partial charge in [-0.3, -0.25) is 4.68 Å². The molecule has 0 radical (unpaired) electrons. The molecule has 0 aliphatic heterocycles. The summed E-state index contributed by atoms with van der Waals surface area (Å²) < 4.78 is 3.85. The predicted octanol–water partition coefficient (Wildman–Crippen LogP) is 1.43. The normalized spacial score (nSPS) is 11.4. The van der Waals surface area contributed by atoms with Crippen LogP contribution < -0.4 is 5.32 Å². The van der Waals surface area contributed by atoms with E-state index in [1.54, 1.807) is 6.33 Å². The van der Waals surface area contributed by atoms with Crippen molar-refractivity contribution in [3.05, 3.63) is 30.1 Å². The van der Waals surface area contributed by atoms with Gasteiger partial charge < -0.3 is 5.32 Å². The van der Waals surface area contributed by atoms with Gasteiger partial charge in [-0.1, -0.05) is 20.8 Å². The van der Waals surface area contributed by atoms with Gasteiger partial charge in [0.25, 0.3) is 0 Å². The molecule has 0 bridgehead atoms. The highest BCUT2D eigenvalue weighted by molar-refractivity contribution is 5.04. The summed E-state index contributed by atoms with van der Waals surface area (Å²) >= 11 is 0. The Kier molecular flexibility index (Phi) is 4.68. The first-order chi connectivity index (χ1) is 9.19. The first-order valence-electron chi connectivity index (χ1n) is 6.80. The second-order valence-electron chi connectivity index (χ2n) is 4.98. The average Bonchev–Trinajstić information content (AvgIpc) is 2.98. The van der Waals surface area contributed by atoms with Gasteiger partial charge in [-0.25, -0.2) is 9.67 Å². The summed E-state index contributed by atoms with van der Waals surface area (Å²) in [7, 11) is 0. The molecule has 2 rings (SSSR count). The lowest BCUT2D eigenvalue weighted by Crippen LogP contribution is -2.21. The Labute approximate surface area is 113 Å².